The number of carbonyl (C=O) groups is 3. The highest BCUT2D eigenvalue weighted by molar-refractivity contribution is 7.15. The molecule has 5 atom stereocenters. The van der Waals surface area contributed by atoms with Crippen molar-refractivity contribution in [1.82, 2.24) is 25.4 Å². The van der Waals surface area contributed by atoms with Gasteiger partial charge in [-0.3, -0.25) is 29.4 Å². The van der Waals surface area contributed by atoms with Crippen molar-refractivity contribution < 1.29 is 23.7 Å². The molecule has 6 heterocycles. The first-order valence-electron chi connectivity index (χ1n) is 24.3. The Morgan fingerprint density at radius 1 is 0.985 bits per heavy atom. The average molecular weight is 953 g/mol. The average Bonchev–Trinajstić information content (AvgIpc) is 3.95. The molecule has 3 saturated carbocycles. The van der Waals surface area contributed by atoms with Crippen LogP contribution in [0.25, 0.3) is 5.00 Å². The number of amides is 4. The summed E-state index contributed by atoms with van der Waals surface area (Å²) in [7, 11) is -0.433. The topological polar surface area (TPSA) is 143 Å². The molecule has 6 fully saturated rings. The van der Waals surface area contributed by atoms with Gasteiger partial charge in [0.2, 0.25) is 11.8 Å². The predicted molar refractivity (Wildman–Crippen MR) is 267 cm³/mol. The number of nitrogens with zero attached hydrogens (tertiary/aromatic N) is 6. The molecule has 0 radical (unpaired) electrons. The molecule has 2 bridgehead atoms. The molecule has 5 aromatic rings. The molecule has 0 spiro atoms. The summed E-state index contributed by atoms with van der Waals surface area (Å²) in [6, 6.07) is 23.6. The number of urea groups is 1. The number of nitrogens with one attached hydrogen (secondary N) is 2. The van der Waals surface area contributed by atoms with Crippen LogP contribution >= 0.6 is 22.9 Å². The van der Waals surface area contributed by atoms with Gasteiger partial charge in [0.05, 0.1) is 23.8 Å². The lowest BCUT2D eigenvalue weighted by molar-refractivity contribution is -0.210. The Balaban J connectivity index is 0.735. The smallest absolute Gasteiger partial charge is 0.401 e. The highest BCUT2D eigenvalue weighted by Crippen LogP contribution is 2.67. The Morgan fingerprint density at radius 2 is 1.75 bits per heavy atom. The summed E-state index contributed by atoms with van der Waals surface area (Å²) in [5, 5.41) is 16.4. The Hall–Kier alpha value is -5.35. The number of aromatic nitrogens is 3. The van der Waals surface area contributed by atoms with Crippen LogP contribution in [0.3, 0.4) is 0 Å². The van der Waals surface area contributed by atoms with Gasteiger partial charge >= 0.3 is 13.1 Å². The van der Waals surface area contributed by atoms with Gasteiger partial charge in [0.25, 0.3) is 0 Å². The van der Waals surface area contributed by atoms with E-state index in [9.17, 15) is 14.4 Å². The number of halogens is 1. The Kier molecular flexibility index (Phi) is 11.7. The molecule has 3 aliphatic carbocycles. The monoisotopic (exact) mass is 952 g/mol. The minimum absolute atomic E-state index is 0.001000. The molecule has 2 N–H and O–H groups in total. The van der Waals surface area contributed by atoms with E-state index in [-0.39, 0.29) is 35.8 Å². The molecule has 13 nitrogen and oxygen atoms in total. The molecule has 7 aliphatic rings. The summed E-state index contributed by atoms with van der Waals surface area (Å²) >= 11 is 8.02. The van der Waals surface area contributed by atoms with Crippen molar-refractivity contribution in [2.24, 2.45) is 28.2 Å². The number of hydrogen-bond donors (Lipinski definition) is 2. The number of fused-ring (bicyclic) bond motifs is 3. The van der Waals surface area contributed by atoms with Gasteiger partial charge in [0, 0.05) is 65.0 Å². The quantitative estimate of drug-likeness (QED) is 0.0889. The molecule has 4 aliphatic heterocycles. The molecule has 2 aromatic heterocycles. The first kappa shape index (κ1) is 45.1. The fourth-order valence-electron chi connectivity index (χ4n) is 12.1. The van der Waals surface area contributed by atoms with Gasteiger partial charge in [0.1, 0.15) is 16.9 Å². The summed E-state index contributed by atoms with van der Waals surface area (Å²) in [5.74, 6) is 2.67. The molecule has 16 heteroatoms. The van der Waals surface area contributed by atoms with E-state index < -0.39 is 18.8 Å². The summed E-state index contributed by atoms with van der Waals surface area (Å²) in [6.45, 7) is 13.9. The Labute approximate surface area is 407 Å². The maximum Gasteiger partial charge on any atom is 0.494 e. The third kappa shape index (κ3) is 7.87. The van der Waals surface area contributed by atoms with Crippen LogP contribution in [0.2, 0.25) is 5.02 Å². The molecule has 0 unspecified atom stereocenters. The zero-order valence-electron chi connectivity index (χ0n) is 39.4. The second-order valence-electron chi connectivity index (χ2n) is 20.4. The SMILES string of the molecule is Cc1sc2c(c1C)C(c1ccc(Cl)cc1)=N[C@@H](CC(=O)NCCC[C@@]13OB(c4ccccc4CCC4CN(c5ccc(N6CCC(=O)NC6=O)cc5)C4)O[C@@H]1C[C@@H]1C[C@H]3C1(C)C)c1nnc(C)n1-2. The number of carbonyl (C=O) groups excluding carboxylic acids is 3. The first-order chi connectivity index (χ1) is 32.8. The minimum Gasteiger partial charge on any atom is -0.401 e. The minimum atomic E-state index is -0.532. The number of anilines is 2. The van der Waals surface area contributed by atoms with E-state index in [0.717, 1.165) is 102 Å². The molecule has 4 amide bonds. The largest absolute Gasteiger partial charge is 0.494 e. The number of aryl methyl sites for hydroxylation is 3. The summed E-state index contributed by atoms with van der Waals surface area (Å²) in [6.07, 6.45) is 6.15. The van der Waals surface area contributed by atoms with Crippen LogP contribution in [0.15, 0.2) is 77.8 Å². The Morgan fingerprint density at radius 3 is 2.51 bits per heavy atom. The fraction of sp³-hybridized carbons (Fsp3) is 0.462. The zero-order valence-corrected chi connectivity index (χ0v) is 41.0. The van der Waals surface area contributed by atoms with Crippen molar-refractivity contribution in [3.8, 4) is 5.00 Å². The molecular weight excluding hydrogens is 895 g/mol. The summed E-state index contributed by atoms with van der Waals surface area (Å²) < 4.78 is 16.4. The van der Waals surface area contributed by atoms with E-state index in [1.807, 2.05) is 43.3 Å². The normalized spacial score (nSPS) is 24.9. The van der Waals surface area contributed by atoms with Crippen LogP contribution in [-0.4, -0.2) is 83.3 Å². The van der Waals surface area contributed by atoms with Crippen molar-refractivity contribution in [2.45, 2.75) is 104 Å². The second kappa shape index (κ2) is 17.6. The van der Waals surface area contributed by atoms with Crippen LogP contribution < -0.4 is 25.9 Å². The second-order valence-corrected chi connectivity index (χ2v) is 22.1. The molecule has 68 heavy (non-hydrogen) atoms. The number of benzene rings is 3. The van der Waals surface area contributed by atoms with Gasteiger partial charge in [-0.2, -0.15) is 0 Å². The third-order valence-corrected chi connectivity index (χ3v) is 17.6. The lowest BCUT2D eigenvalue weighted by atomic mass is 9.42. The van der Waals surface area contributed by atoms with Gasteiger partial charge in [-0.25, -0.2) is 4.79 Å². The zero-order chi connectivity index (χ0) is 47.1. The highest BCUT2D eigenvalue weighted by atomic mass is 35.5. The van der Waals surface area contributed by atoms with Crippen LogP contribution in [0, 0.1) is 43.9 Å². The molecular formula is C52H58BClN8O5S. The van der Waals surface area contributed by atoms with Crippen LogP contribution in [0.5, 0.6) is 0 Å². The maximum absolute atomic E-state index is 14.0. The van der Waals surface area contributed by atoms with Gasteiger partial charge < -0.3 is 19.5 Å². The Bertz CT molecular complexity index is 2820. The van der Waals surface area contributed by atoms with E-state index in [2.05, 4.69) is 94.4 Å². The van der Waals surface area contributed by atoms with Gasteiger partial charge in [-0.15, -0.1) is 21.5 Å². The fourth-order valence-corrected chi connectivity index (χ4v) is 13.4. The molecule has 3 aromatic carbocycles. The van der Waals surface area contributed by atoms with Crippen molar-refractivity contribution in [1.29, 1.82) is 0 Å². The van der Waals surface area contributed by atoms with Crippen molar-refractivity contribution in [3.63, 3.8) is 0 Å². The molecule has 3 saturated heterocycles. The van der Waals surface area contributed by atoms with Crippen molar-refractivity contribution in [2.75, 3.05) is 36.0 Å². The lowest BCUT2D eigenvalue weighted by Crippen LogP contribution is -2.66. The maximum atomic E-state index is 14.0. The van der Waals surface area contributed by atoms with E-state index in [1.54, 1.807) is 16.2 Å². The van der Waals surface area contributed by atoms with Crippen molar-refractivity contribution >= 4 is 70.5 Å². The lowest BCUT2D eigenvalue weighted by Gasteiger charge is -2.65. The van der Waals surface area contributed by atoms with E-state index in [0.29, 0.717) is 48.1 Å². The van der Waals surface area contributed by atoms with Gasteiger partial charge in [-0.05, 0) is 135 Å². The standard InChI is InChI=1S/C52H58BClN8O5S/c1-30-31(2)68-49-46(30)47(35-13-15-37(54)16-14-35)56-41(48-59-58-32(3)62(48)49)27-45(64)55-23-8-22-52-42-25-36(51(42,4)5)26-43(52)66-53(67-52)40-10-7-6-9-34(40)12-11-33-28-60(29-33)38-17-19-39(20-18-38)61-24-21-44(63)57-50(61)65/h6-7,9-10,13-20,33,36,41-43H,8,11-12,21-29H2,1-5H3,(H,55,64)(H,57,63,65)/t36-,41-,42-,43+,52-/m0/s1. The first-order valence-corrected chi connectivity index (χ1v) is 25.5. The number of aliphatic imine (C=N–C) groups is 1. The van der Waals surface area contributed by atoms with Crippen LogP contribution in [0.4, 0.5) is 16.2 Å². The number of hydrogen-bond acceptors (Lipinski definition) is 10. The summed E-state index contributed by atoms with van der Waals surface area (Å²) in [5.41, 5.74) is 8.04. The predicted octanol–water partition coefficient (Wildman–Crippen LogP) is 8.22. The highest BCUT2D eigenvalue weighted by Gasteiger charge is 2.69. The van der Waals surface area contributed by atoms with Crippen LogP contribution in [-0.2, 0) is 25.3 Å². The summed E-state index contributed by atoms with van der Waals surface area (Å²) in [4.78, 5) is 48.4. The molecule has 352 valence electrons. The van der Waals surface area contributed by atoms with Gasteiger partial charge in [-0.1, -0.05) is 61.8 Å². The number of rotatable bonds is 13. The van der Waals surface area contributed by atoms with E-state index >= 15 is 0 Å². The number of imide groups is 1. The van der Waals surface area contributed by atoms with Gasteiger partial charge in [0.15, 0.2) is 5.82 Å². The van der Waals surface area contributed by atoms with Crippen molar-refractivity contribution in [3.05, 3.63) is 117 Å². The van der Waals surface area contributed by atoms with E-state index in [1.165, 1.54) is 10.4 Å². The third-order valence-electron chi connectivity index (χ3n) is 16.2. The van der Waals surface area contributed by atoms with Crippen LogP contribution in [0.1, 0.15) is 104 Å². The number of thiophene rings is 1. The van der Waals surface area contributed by atoms with E-state index in [4.69, 9.17) is 25.9 Å². The molecule has 12 rings (SSSR count).